The van der Waals surface area contributed by atoms with Gasteiger partial charge < -0.3 is 10.5 Å². The summed E-state index contributed by atoms with van der Waals surface area (Å²) in [4.78, 5) is 4.82. The van der Waals surface area contributed by atoms with Gasteiger partial charge in [0.05, 0.1) is 24.3 Å². The summed E-state index contributed by atoms with van der Waals surface area (Å²) < 4.78 is 5.30. The molecule has 1 saturated heterocycles. The lowest BCUT2D eigenvalue weighted by Crippen LogP contribution is -2.52. The zero-order chi connectivity index (χ0) is 11.0. The van der Waals surface area contributed by atoms with Gasteiger partial charge in [0, 0.05) is 17.8 Å². The van der Waals surface area contributed by atoms with Crippen molar-refractivity contribution in [3.63, 3.8) is 0 Å². The molecule has 1 aromatic heterocycles. The molecule has 0 radical (unpaired) electrons. The number of nitrogens with two attached hydrogens (primary N) is 1. The summed E-state index contributed by atoms with van der Waals surface area (Å²) in [6.45, 7) is 2.16. The quantitative estimate of drug-likeness (QED) is 0.876. The third kappa shape index (κ3) is 1.60. The summed E-state index contributed by atoms with van der Waals surface area (Å²) in [7, 11) is 0. The van der Waals surface area contributed by atoms with Crippen LogP contribution in [-0.2, 0) is 10.2 Å². The molecule has 2 N–H and O–H groups in total. The second-order valence-electron chi connectivity index (χ2n) is 5.04. The Hall–Kier alpha value is -0.450. The first-order valence-corrected chi connectivity index (χ1v) is 6.96. The molecule has 3 nitrogen and oxygen atoms in total. The predicted molar refractivity (Wildman–Crippen MR) is 64.9 cm³/mol. The third-order valence-corrected chi connectivity index (χ3v) is 5.00. The maximum atomic E-state index is 5.85. The number of hydrogen-bond donors (Lipinski definition) is 1. The fraction of sp³-hybridized carbons (Fsp3) is 0.750. The minimum atomic E-state index is 0.0432. The van der Waals surface area contributed by atoms with E-state index in [0.29, 0.717) is 12.5 Å². The number of ether oxygens (including phenoxy) is 1. The monoisotopic (exact) mass is 238 g/mol. The summed E-state index contributed by atoms with van der Waals surface area (Å²) >= 11 is 1.77. The molecule has 1 aliphatic heterocycles. The van der Waals surface area contributed by atoms with Crippen molar-refractivity contribution in [1.29, 1.82) is 0 Å². The molecule has 0 unspecified atom stereocenters. The van der Waals surface area contributed by atoms with Crippen LogP contribution in [0.4, 0.5) is 0 Å². The highest BCUT2D eigenvalue weighted by molar-refractivity contribution is 7.09. The summed E-state index contributed by atoms with van der Waals surface area (Å²) in [6, 6.07) is 0. The molecular weight excluding hydrogens is 220 g/mol. The number of hydrogen-bond acceptors (Lipinski definition) is 4. The van der Waals surface area contributed by atoms with Crippen molar-refractivity contribution in [2.45, 2.75) is 37.0 Å². The maximum absolute atomic E-state index is 5.85. The lowest BCUT2D eigenvalue weighted by Gasteiger charge is -2.38. The van der Waals surface area contributed by atoms with Crippen molar-refractivity contribution in [3.8, 4) is 0 Å². The summed E-state index contributed by atoms with van der Waals surface area (Å²) in [5.41, 5.74) is 7.20. The van der Waals surface area contributed by atoms with Crippen LogP contribution in [0.15, 0.2) is 5.38 Å². The molecule has 0 spiro atoms. The van der Waals surface area contributed by atoms with E-state index >= 15 is 0 Å². The first-order chi connectivity index (χ1) is 7.84. The fourth-order valence-corrected chi connectivity index (χ4v) is 3.70. The highest BCUT2D eigenvalue weighted by atomic mass is 32.1. The Labute approximate surface area is 100 Å². The van der Waals surface area contributed by atoms with Crippen LogP contribution < -0.4 is 5.73 Å². The Balaban J connectivity index is 1.81. The third-order valence-electron chi connectivity index (χ3n) is 3.90. The Morgan fingerprint density at radius 3 is 2.75 bits per heavy atom. The summed E-state index contributed by atoms with van der Waals surface area (Å²) in [5.74, 6) is 0.709. The van der Waals surface area contributed by atoms with Gasteiger partial charge in [0.2, 0.25) is 0 Å². The lowest BCUT2D eigenvalue weighted by atomic mass is 9.87. The molecule has 16 heavy (non-hydrogen) atoms. The van der Waals surface area contributed by atoms with Crippen LogP contribution in [0.25, 0.3) is 0 Å². The van der Waals surface area contributed by atoms with Crippen LogP contribution in [-0.4, -0.2) is 24.7 Å². The van der Waals surface area contributed by atoms with Gasteiger partial charge in [-0.1, -0.05) is 12.8 Å². The predicted octanol–water partition coefficient (Wildman–Crippen LogP) is 2.03. The summed E-state index contributed by atoms with van der Waals surface area (Å²) in [6.07, 6.45) is 5.36. The van der Waals surface area contributed by atoms with Gasteiger partial charge in [-0.15, -0.1) is 11.3 Å². The first-order valence-electron chi connectivity index (χ1n) is 6.08. The molecule has 0 amide bonds. The molecule has 1 aromatic rings. The van der Waals surface area contributed by atoms with Gasteiger partial charge in [0.1, 0.15) is 5.01 Å². The topological polar surface area (TPSA) is 48.1 Å². The Kier molecular flexibility index (Phi) is 2.73. The van der Waals surface area contributed by atoms with Crippen molar-refractivity contribution in [2.24, 2.45) is 5.73 Å². The number of aromatic nitrogens is 1. The summed E-state index contributed by atoms with van der Waals surface area (Å²) in [5, 5.41) is 3.43. The van der Waals surface area contributed by atoms with E-state index in [-0.39, 0.29) is 5.41 Å². The molecule has 0 aromatic carbocycles. The zero-order valence-electron chi connectivity index (χ0n) is 9.45. The molecule has 2 heterocycles. The minimum Gasteiger partial charge on any atom is -0.379 e. The SMILES string of the molecule is NCC1(c2nc(C3CCCC3)cs2)COC1. The van der Waals surface area contributed by atoms with Crippen LogP contribution >= 0.6 is 11.3 Å². The molecular formula is C12H18N2OS. The average molecular weight is 238 g/mol. The van der Waals surface area contributed by atoms with Crippen LogP contribution in [0.1, 0.15) is 42.3 Å². The molecule has 3 rings (SSSR count). The van der Waals surface area contributed by atoms with Crippen molar-refractivity contribution >= 4 is 11.3 Å². The van der Waals surface area contributed by atoms with E-state index in [2.05, 4.69) is 5.38 Å². The Morgan fingerprint density at radius 1 is 1.44 bits per heavy atom. The van der Waals surface area contributed by atoms with E-state index < -0.39 is 0 Å². The van der Waals surface area contributed by atoms with Gasteiger partial charge in [-0.2, -0.15) is 0 Å². The Bertz CT molecular complexity index is 361. The van der Waals surface area contributed by atoms with Crippen LogP contribution in [0, 0.1) is 0 Å². The van der Waals surface area contributed by atoms with Gasteiger partial charge in [-0.05, 0) is 12.8 Å². The Morgan fingerprint density at radius 2 is 2.19 bits per heavy atom. The molecule has 2 fully saturated rings. The smallest absolute Gasteiger partial charge is 0.105 e. The molecule has 88 valence electrons. The number of nitrogens with zero attached hydrogens (tertiary/aromatic N) is 1. The molecule has 1 aliphatic carbocycles. The van der Waals surface area contributed by atoms with Crippen molar-refractivity contribution in [1.82, 2.24) is 4.98 Å². The van der Waals surface area contributed by atoms with E-state index in [1.54, 1.807) is 11.3 Å². The van der Waals surface area contributed by atoms with E-state index in [4.69, 9.17) is 15.5 Å². The van der Waals surface area contributed by atoms with E-state index in [1.165, 1.54) is 36.4 Å². The minimum absolute atomic E-state index is 0.0432. The lowest BCUT2D eigenvalue weighted by molar-refractivity contribution is -0.0551. The van der Waals surface area contributed by atoms with E-state index in [9.17, 15) is 0 Å². The second kappa shape index (κ2) is 4.09. The van der Waals surface area contributed by atoms with Crippen molar-refractivity contribution in [2.75, 3.05) is 19.8 Å². The molecule has 4 heteroatoms. The van der Waals surface area contributed by atoms with Gasteiger partial charge in [-0.3, -0.25) is 0 Å². The number of thiazole rings is 1. The maximum Gasteiger partial charge on any atom is 0.105 e. The molecule has 1 saturated carbocycles. The largest absolute Gasteiger partial charge is 0.379 e. The van der Waals surface area contributed by atoms with Crippen molar-refractivity contribution < 1.29 is 4.74 Å². The molecule has 0 bridgehead atoms. The zero-order valence-corrected chi connectivity index (χ0v) is 10.3. The number of rotatable bonds is 3. The molecule has 0 atom stereocenters. The van der Waals surface area contributed by atoms with E-state index in [0.717, 1.165) is 13.2 Å². The van der Waals surface area contributed by atoms with E-state index in [1.807, 2.05) is 0 Å². The van der Waals surface area contributed by atoms with Crippen molar-refractivity contribution in [3.05, 3.63) is 16.1 Å². The van der Waals surface area contributed by atoms with Crippen LogP contribution in [0.3, 0.4) is 0 Å². The van der Waals surface area contributed by atoms with Gasteiger partial charge in [0.15, 0.2) is 0 Å². The van der Waals surface area contributed by atoms with Gasteiger partial charge in [0.25, 0.3) is 0 Å². The van der Waals surface area contributed by atoms with Gasteiger partial charge in [-0.25, -0.2) is 4.98 Å². The van der Waals surface area contributed by atoms with Gasteiger partial charge >= 0.3 is 0 Å². The highest BCUT2D eigenvalue weighted by Crippen LogP contribution is 2.38. The average Bonchev–Trinajstić information content (AvgIpc) is 2.86. The fourth-order valence-electron chi connectivity index (χ4n) is 2.62. The first kappa shape index (κ1) is 10.7. The highest BCUT2D eigenvalue weighted by Gasteiger charge is 2.42. The van der Waals surface area contributed by atoms with Crippen LogP contribution in [0.2, 0.25) is 0 Å². The standard InChI is InChI=1S/C12H18N2OS/c13-6-12(7-15-8-12)11-14-10(5-16-11)9-3-1-2-4-9/h5,9H,1-4,6-8,13H2. The molecule has 2 aliphatic rings. The normalized spacial score (nSPS) is 24.6. The van der Waals surface area contributed by atoms with Crippen LogP contribution in [0.5, 0.6) is 0 Å². The second-order valence-corrected chi connectivity index (χ2v) is 5.89.